The molecule has 4 nitrogen and oxygen atoms in total. The number of piperidine rings is 1. The van der Waals surface area contributed by atoms with Crippen LogP contribution in [0.4, 0.5) is 20.6 Å². The molecule has 1 spiro atoms. The van der Waals surface area contributed by atoms with Gasteiger partial charge in [-0.2, -0.15) is 0 Å². The molecule has 0 bridgehead atoms. The van der Waals surface area contributed by atoms with E-state index in [0.717, 1.165) is 60.0 Å². The summed E-state index contributed by atoms with van der Waals surface area (Å²) in [5.74, 6) is -0.218. The maximum Gasteiger partial charge on any atom is 0.326 e. The minimum absolute atomic E-state index is 0.128. The maximum atomic E-state index is 14.2. The van der Waals surface area contributed by atoms with E-state index in [-0.39, 0.29) is 17.3 Å². The van der Waals surface area contributed by atoms with Gasteiger partial charge in [0.1, 0.15) is 5.82 Å². The molecule has 1 saturated heterocycles. The average Bonchev–Trinajstić information content (AvgIpc) is 3.50. The van der Waals surface area contributed by atoms with E-state index < -0.39 is 0 Å². The van der Waals surface area contributed by atoms with Crippen molar-refractivity contribution in [2.75, 3.05) is 29.9 Å². The first-order valence-electron chi connectivity index (χ1n) is 10.7. The second kappa shape index (κ2) is 6.84. The summed E-state index contributed by atoms with van der Waals surface area (Å²) in [6, 6.07) is 11.5. The van der Waals surface area contributed by atoms with E-state index in [2.05, 4.69) is 10.2 Å². The van der Waals surface area contributed by atoms with Crippen LogP contribution in [0.25, 0.3) is 0 Å². The van der Waals surface area contributed by atoms with Gasteiger partial charge in [0.25, 0.3) is 0 Å². The van der Waals surface area contributed by atoms with Crippen molar-refractivity contribution >= 4 is 17.4 Å². The van der Waals surface area contributed by atoms with Crippen LogP contribution in [0.15, 0.2) is 36.4 Å². The van der Waals surface area contributed by atoms with Crippen LogP contribution in [0, 0.1) is 19.7 Å². The topological polar surface area (TPSA) is 35.6 Å². The Morgan fingerprint density at radius 2 is 1.79 bits per heavy atom. The Kier molecular flexibility index (Phi) is 4.39. The van der Waals surface area contributed by atoms with E-state index in [1.807, 2.05) is 36.9 Å². The SMILES string of the molecule is Cc1cccc(C)c1NC(=O)N1CC2(CCN(C3CC3)CC2)c2cc(F)ccc21. The molecule has 5 rings (SSSR count). The number of anilines is 2. The quantitative estimate of drug-likeness (QED) is 0.780. The molecule has 1 saturated carbocycles. The van der Waals surface area contributed by atoms with Crippen molar-refractivity contribution in [1.82, 2.24) is 4.90 Å². The Morgan fingerprint density at radius 3 is 2.45 bits per heavy atom. The first kappa shape index (κ1) is 18.6. The highest BCUT2D eigenvalue weighted by molar-refractivity contribution is 6.04. The summed E-state index contributed by atoms with van der Waals surface area (Å²) in [5.41, 5.74) is 4.68. The van der Waals surface area contributed by atoms with Crippen molar-refractivity contribution in [2.24, 2.45) is 0 Å². The number of carbonyl (C=O) groups is 1. The van der Waals surface area contributed by atoms with Crippen LogP contribution in [0.5, 0.6) is 0 Å². The molecule has 2 heterocycles. The van der Waals surface area contributed by atoms with Gasteiger partial charge in [0.2, 0.25) is 0 Å². The predicted molar refractivity (Wildman–Crippen MR) is 114 cm³/mol. The number of hydrogen-bond acceptors (Lipinski definition) is 2. The van der Waals surface area contributed by atoms with Crippen LogP contribution < -0.4 is 10.2 Å². The molecule has 2 aromatic carbocycles. The molecule has 2 aromatic rings. The fourth-order valence-electron chi connectivity index (χ4n) is 5.19. The zero-order valence-electron chi connectivity index (χ0n) is 17.2. The molecule has 2 fully saturated rings. The third-order valence-corrected chi connectivity index (χ3v) is 7.06. The summed E-state index contributed by atoms with van der Waals surface area (Å²) in [7, 11) is 0. The minimum atomic E-state index is -0.218. The highest BCUT2D eigenvalue weighted by atomic mass is 19.1. The van der Waals surface area contributed by atoms with Gasteiger partial charge < -0.3 is 10.2 Å². The van der Waals surface area contributed by atoms with Crippen LogP contribution in [0.1, 0.15) is 42.4 Å². The van der Waals surface area contributed by atoms with Gasteiger partial charge in [-0.25, -0.2) is 9.18 Å². The molecule has 5 heteroatoms. The molecule has 3 aliphatic rings. The number of rotatable bonds is 2. The lowest BCUT2D eigenvalue weighted by Gasteiger charge is -2.40. The number of hydrogen-bond donors (Lipinski definition) is 1. The summed E-state index contributed by atoms with van der Waals surface area (Å²) < 4.78 is 14.2. The fraction of sp³-hybridized carbons (Fsp3) is 0.458. The molecular formula is C24H28FN3O. The Balaban J connectivity index is 1.43. The van der Waals surface area contributed by atoms with Gasteiger partial charge in [-0.3, -0.25) is 4.90 Å². The number of fused-ring (bicyclic) bond motifs is 2. The molecule has 0 unspecified atom stereocenters. The Hall–Kier alpha value is -2.40. The predicted octanol–water partition coefficient (Wildman–Crippen LogP) is 4.99. The van der Waals surface area contributed by atoms with Crippen molar-refractivity contribution < 1.29 is 9.18 Å². The third kappa shape index (κ3) is 3.21. The Bertz CT molecular complexity index is 940. The molecule has 152 valence electrons. The molecule has 29 heavy (non-hydrogen) atoms. The van der Waals surface area contributed by atoms with Crippen LogP contribution in [0.2, 0.25) is 0 Å². The monoisotopic (exact) mass is 393 g/mol. The van der Waals surface area contributed by atoms with Gasteiger partial charge in [-0.15, -0.1) is 0 Å². The molecule has 2 amide bonds. The van der Waals surface area contributed by atoms with Crippen molar-refractivity contribution in [3.8, 4) is 0 Å². The lowest BCUT2D eigenvalue weighted by atomic mass is 9.74. The van der Waals surface area contributed by atoms with Crippen molar-refractivity contribution in [1.29, 1.82) is 0 Å². The van der Waals surface area contributed by atoms with Gasteiger partial charge in [0.05, 0.1) is 0 Å². The summed E-state index contributed by atoms with van der Waals surface area (Å²) >= 11 is 0. The lowest BCUT2D eigenvalue weighted by Crippen LogP contribution is -2.47. The number of nitrogens with zero attached hydrogens (tertiary/aromatic N) is 2. The van der Waals surface area contributed by atoms with Crippen molar-refractivity contribution in [3.05, 3.63) is 58.9 Å². The van der Waals surface area contributed by atoms with Crippen LogP contribution in [-0.2, 0) is 5.41 Å². The average molecular weight is 394 g/mol. The van der Waals surface area contributed by atoms with Gasteiger partial charge in [-0.05, 0) is 87.5 Å². The van der Waals surface area contributed by atoms with Gasteiger partial charge in [0.15, 0.2) is 0 Å². The van der Waals surface area contributed by atoms with E-state index in [0.29, 0.717) is 6.54 Å². The first-order chi connectivity index (χ1) is 14.0. The van der Waals surface area contributed by atoms with E-state index in [1.54, 1.807) is 12.1 Å². The molecule has 1 aliphatic carbocycles. The molecular weight excluding hydrogens is 365 g/mol. The fourth-order valence-corrected chi connectivity index (χ4v) is 5.19. The molecule has 0 aromatic heterocycles. The largest absolute Gasteiger partial charge is 0.326 e. The van der Waals surface area contributed by atoms with Gasteiger partial charge >= 0.3 is 6.03 Å². The molecule has 0 atom stereocenters. The zero-order valence-corrected chi connectivity index (χ0v) is 17.2. The zero-order chi connectivity index (χ0) is 20.2. The number of para-hydroxylation sites is 1. The Morgan fingerprint density at radius 1 is 1.10 bits per heavy atom. The number of halogens is 1. The lowest BCUT2D eigenvalue weighted by molar-refractivity contribution is 0.159. The summed E-state index contributed by atoms with van der Waals surface area (Å²) in [6.07, 6.45) is 4.57. The van der Waals surface area contributed by atoms with Gasteiger partial charge in [0, 0.05) is 29.4 Å². The first-order valence-corrected chi connectivity index (χ1v) is 10.7. The standard InChI is InChI=1S/C24H28FN3O/c1-16-4-3-5-17(2)22(16)26-23(29)28-15-24(20-14-18(25)6-9-21(20)28)10-12-27(13-11-24)19-7-8-19/h3-6,9,14,19H,7-8,10-13,15H2,1-2H3,(H,26,29). The second-order valence-corrected chi connectivity index (χ2v) is 8.99. The van der Waals surface area contributed by atoms with Crippen LogP contribution >= 0.6 is 0 Å². The minimum Gasteiger partial charge on any atom is -0.307 e. The molecule has 1 N–H and O–H groups in total. The van der Waals surface area contributed by atoms with Gasteiger partial charge in [-0.1, -0.05) is 18.2 Å². The number of benzene rings is 2. The normalized spacial score (nSPS) is 20.7. The van der Waals surface area contributed by atoms with Crippen molar-refractivity contribution in [3.63, 3.8) is 0 Å². The Labute approximate surface area is 171 Å². The number of likely N-dealkylation sites (tertiary alicyclic amines) is 1. The van der Waals surface area contributed by atoms with Crippen molar-refractivity contribution in [2.45, 2.75) is 51.0 Å². The van der Waals surface area contributed by atoms with E-state index in [9.17, 15) is 9.18 Å². The maximum absolute atomic E-state index is 14.2. The van der Waals surface area contributed by atoms with E-state index in [4.69, 9.17) is 0 Å². The molecule has 0 radical (unpaired) electrons. The summed E-state index contributed by atoms with van der Waals surface area (Å²) in [6.45, 7) is 6.71. The second-order valence-electron chi connectivity index (χ2n) is 8.99. The van der Waals surface area contributed by atoms with Crippen LogP contribution in [0.3, 0.4) is 0 Å². The van der Waals surface area contributed by atoms with E-state index in [1.165, 1.54) is 18.9 Å². The molecule has 2 aliphatic heterocycles. The van der Waals surface area contributed by atoms with E-state index >= 15 is 0 Å². The van der Waals surface area contributed by atoms with Crippen LogP contribution in [-0.4, -0.2) is 36.6 Å². The highest BCUT2D eigenvalue weighted by Crippen LogP contribution is 2.48. The highest BCUT2D eigenvalue weighted by Gasteiger charge is 2.48. The number of carbonyl (C=O) groups excluding carboxylic acids is 1. The third-order valence-electron chi connectivity index (χ3n) is 7.06. The number of amides is 2. The summed E-state index contributed by atoms with van der Waals surface area (Å²) in [4.78, 5) is 17.7. The number of nitrogens with one attached hydrogen (secondary N) is 1. The number of urea groups is 1. The smallest absolute Gasteiger partial charge is 0.307 e. The number of aryl methyl sites for hydroxylation is 2. The summed E-state index contributed by atoms with van der Waals surface area (Å²) in [5, 5.41) is 3.12.